The van der Waals surface area contributed by atoms with Gasteiger partial charge in [0.05, 0.1) is 35.0 Å². The van der Waals surface area contributed by atoms with Crippen LogP contribution in [0.5, 0.6) is 11.5 Å². The third kappa shape index (κ3) is 5.54. The molecule has 3 aromatic rings. The van der Waals surface area contributed by atoms with Gasteiger partial charge in [-0.05, 0) is 80.3 Å². The number of Topliss-reactive ketones (excluding diaryl/α,β-unsaturated/α-hetero) is 1. The lowest BCUT2D eigenvalue weighted by Gasteiger charge is -2.32. The molecule has 1 unspecified atom stereocenters. The minimum Gasteiger partial charge on any atom is -0.503 e. The summed E-state index contributed by atoms with van der Waals surface area (Å²) >= 11 is 6.25. The Hall–Kier alpha value is -2.87. The van der Waals surface area contributed by atoms with E-state index in [2.05, 4.69) is 15.2 Å². The van der Waals surface area contributed by atoms with Gasteiger partial charge in [0.15, 0.2) is 17.3 Å². The number of aliphatic hydroxyl groups excluding tert-OH is 1. The number of benzene rings is 2. The predicted molar refractivity (Wildman–Crippen MR) is 147 cm³/mol. The molecule has 0 bridgehead atoms. The molecule has 7 nitrogen and oxygen atoms in total. The fourth-order valence-electron chi connectivity index (χ4n) is 5.73. The Kier molecular flexibility index (Phi) is 7.56. The number of aliphatic hydroxyl groups is 1. The number of hydrogen-bond donors (Lipinski definition) is 3. The monoisotopic (exact) mass is 523 g/mol. The van der Waals surface area contributed by atoms with Crippen molar-refractivity contribution in [1.29, 1.82) is 0 Å². The number of β-amino-alcohol motifs (C(OH)–C–C–N with tert-alkyl or cyclic N) is 1. The zero-order valence-electron chi connectivity index (χ0n) is 21.3. The molecule has 1 saturated heterocycles. The molecule has 1 atom stereocenters. The molecule has 8 heteroatoms. The van der Waals surface area contributed by atoms with Gasteiger partial charge in [-0.2, -0.15) is 0 Å². The molecule has 5 rings (SSSR count). The minimum absolute atomic E-state index is 0.0297. The molecular formula is C29H34ClN3O4. The van der Waals surface area contributed by atoms with E-state index >= 15 is 0 Å². The van der Waals surface area contributed by atoms with E-state index in [0.29, 0.717) is 17.2 Å². The number of phenols is 1. The largest absolute Gasteiger partial charge is 0.503 e. The van der Waals surface area contributed by atoms with Gasteiger partial charge in [0.1, 0.15) is 0 Å². The van der Waals surface area contributed by atoms with E-state index in [9.17, 15) is 15.0 Å². The number of ketones is 1. The Labute approximate surface area is 222 Å². The van der Waals surface area contributed by atoms with Gasteiger partial charge < -0.3 is 25.2 Å². The summed E-state index contributed by atoms with van der Waals surface area (Å²) in [5.74, 6) is 0.827. The van der Waals surface area contributed by atoms with Crippen LogP contribution in [0.1, 0.15) is 49.4 Å². The van der Waals surface area contributed by atoms with Crippen molar-refractivity contribution in [2.75, 3.05) is 32.1 Å². The van der Waals surface area contributed by atoms with Crippen molar-refractivity contribution >= 4 is 34.0 Å². The van der Waals surface area contributed by atoms with Crippen molar-refractivity contribution in [3.63, 3.8) is 0 Å². The number of anilines is 1. The molecule has 1 aromatic heterocycles. The summed E-state index contributed by atoms with van der Waals surface area (Å²) in [6.45, 7) is 4.42. The lowest BCUT2D eigenvalue weighted by atomic mass is 9.85. The molecule has 0 radical (unpaired) electrons. The Morgan fingerprint density at radius 1 is 1.16 bits per heavy atom. The van der Waals surface area contributed by atoms with Crippen LogP contribution >= 0.6 is 11.6 Å². The first kappa shape index (κ1) is 25.8. The number of ether oxygens (including phenoxy) is 1. The number of hydrogen-bond acceptors (Lipinski definition) is 7. The normalized spacial score (nSPS) is 22.3. The smallest absolute Gasteiger partial charge is 0.176 e. The minimum atomic E-state index is -0.174. The Morgan fingerprint density at radius 3 is 2.62 bits per heavy atom. The first-order valence-electron chi connectivity index (χ1n) is 13.0. The van der Waals surface area contributed by atoms with Gasteiger partial charge in [-0.15, -0.1) is 0 Å². The third-order valence-electron chi connectivity index (χ3n) is 7.79. The summed E-state index contributed by atoms with van der Waals surface area (Å²) in [5.41, 5.74) is 3.89. The molecule has 37 heavy (non-hydrogen) atoms. The van der Waals surface area contributed by atoms with Crippen molar-refractivity contribution in [3.05, 3.63) is 47.1 Å². The molecule has 2 fully saturated rings. The second kappa shape index (κ2) is 10.9. The lowest BCUT2D eigenvalue weighted by molar-refractivity contribution is 0.101. The van der Waals surface area contributed by atoms with E-state index in [1.807, 2.05) is 18.2 Å². The summed E-state index contributed by atoms with van der Waals surface area (Å²) in [5, 5.41) is 24.8. The summed E-state index contributed by atoms with van der Waals surface area (Å²) < 4.78 is 5.29. The van der Waals surface area contributed by atoms with Crippen molar-refractivity contribution in [2.24, 2.45) is 5.92 Å². The Balaban J connectivity index is 1.41. The van der Waals surface area contributed by atoms with Crippen molar-refractivity contribution in [3.8, 4) is 22.6 Å². The molecule has 0 amide bonds. The number of methoxy groups -OCH3 is 1. The molecule has 0 spiro atoms. The van der Waals surface area contributed by atoms with Gasteiger partial charge >= 0.3 is 0 Å². The fraction of sp³-hybridized carbons (Fsp3) is 0.448. The number of rotatable bonds is 7. The number of halogens is 1. The number of carbonyl (C=O) groups is 1. The van der Waals surface area contributed by atoms with Crippen LogP contribution in [-0.2, 0) is 0 Å². The predicted octanol–water partition coefficient (Wildman–Crippen LogP) is 5.51. The maximum absolute atomic E-state index is 12.6. The average Bonchev–Trinajstić information content (AvgIpc) is 3.30. The third-order valence-corrected chi connectivity index (χ3v) is 8.08. The van der Waals surface area contributed by atoms with Gasteiger partial charge in [0.25, 0.3) is 0 Å². The highest BCUT2D eigenvalue weighted by Gasteiger charge is 2.27. The highest BCUT2D eigenvalue weighted by atomic mass is 35.5. The zero-order valence-corrected chi connectivity index (χ0v) is 22.1. The summed E-state index contributed by atoms with van der Waals surface area (Å²) in [6.07, 6.45) is 6.69. The van der Waals surface area contributed by atoms with Gasteiger partial charge in [-0.1, -0.05) is 17.7 Å². The van der Waals surface area contributed by atoms with Gasteiger partial charge in [-0.3, -0.25) is 9.78 Å². The maximum Gasteiger partial charge on any atom is 0.176 e. The quantitative estimate of drug-likeness (QED) is 0.351. The van der Waals surface area contributed by atoms with Crippen LogP contribution in [0.2, 0.25) is 5.02 Å². The molecule has 196 valence electrons. The number of pyridine rings is 1. The Morgan fingerprint density at radius 2 is 1.95 bits per heavy atom. The molecule has 1 aliphatic carbocycles. The SMILES string of the molecule is COc1cc(-c2ccc3ncc(C(C)=O)c(N[C@H]4CC[C@H](CN5CCC(O)C5)CC4)c3c2)cc(Cl)c1O. The van der Waals surface area contributed by atoms with Crippen LogP contribution in [0.4, 0.5) is 5.69 Å². The van der Waals surface area contributed by atoms with E-state index < -0.39 is 0 Å². The first-order valence-corrected chi connectivity index (χ1v) is 13.4. The fourth-order valence-corrected chi connectivity index (χ4v) is 5.94. The second-order valence-corrected chi connectivity index (χ2v) is 10.8. The topological polar surface area (TPSA) is 94.9 Å². The van der Waals surface area contributed by atoms with Gasteiger partial charge in [0, 0.05) is 37.3 Å². The highest BCUT2D eigenvalue weighted by Crippen LogP contribution is 2.40. The zero-order chi connectivity index (χ0) is 26.1. The Bertz CT molecular complexity index is 1310. The van der Waals surface area contributed by atoms with Crippen LogP contribution in [0.25, 0.3) is 22.0 Å². The molecule has 1 aliphatic heterocycles. The van der Waals surface area contributed by atoms with E-state index in [0.717, 1.165) is 79.5 Å². The number of phenolic OH excluding ortho intramolecular Hbond substituents is 1. The summed E-state index contributed by atoms with van der Waals surface area (Å²) in [6, 6.07) is 9.64. The standard InChI is InChI=1S/C29H34ClN3O4/c1-17(34)24-14-31-26-8-5-19(20-12-25(30)29(36)27(13-20)37-2)11-23(26)28(24)32-21-6-3-18(4-7-21)15-33-10-9-22(35)16-33/h5,8,11-14,18,21-22,35-36H,3-4,6-7,9-10,15-16H2,1-2H3,(H,31,32)/t18-,21-,22?. The van der Waals surface area contributed by atoms with Crippen molar-refractivity contribution < 1.29 is 19.7 Å². The molecule has 2 aromatic carbocycles. The molecular weight excluding hydrogens is 490 g/mol. The molecule has 2 aliphatic rings. The van der Waals surface area contributed by atoms with E-state index in [-0.39, 0.29) is 28.7 Å². The van der Waals surface area contributed by atoms with Crippen molar-refractivity contribution in [2.45, 2.75) is 51.2 Å². The van der Waals surface area contributed by atoms with Gasteiger partial charge in [0.2, 0.25) is 0 Å². The molecule has 1 saturated carbocycles. The number of carbonyl (C=O) groups excluding carboxylic acids is 1. The molecule has 2 heterocycles. The number of fused-ring (bicyclic) bond motifs is 1. The van der Waals surface area contributed by atoms with Crippen LogP contribution < -0.4 is 10.1 Å². The van der Waals surface area contributed by atoms with Gasteiger partial charge in [-0.25, -0.2) is 0 Å². The van der Waals surface area contributed by atoms with Crippen LogP contribution in [0.3, 0.4) is 0 Å². The average molecular weight is 524 g/mol. The first-order chi connectivity index (χ1) is 17.8. The number of likely N-dealkylation sites (tertiary alicyclic amines) is 1. The number of nitrogens with one attached hydrogen (secondary N) is 1. The maximum atomic E-state index is 12.6. The summed E-state index contributed by atoms with van der Waals surface area (Å²) in [7, 11) is 1.49. The van der Waals surface area contributed by atoms with E-state index in [1.54, 1.807) is 25.3 Å². The van der Waals surface area contributed by atoms with Crippen LogP contribution in [0.15, 0.2) is 36.5 Å². The van der Waals surface area contributed by atoms with Crippen LogP contribution in [-0.4, -0.2) is 64.8 Å². The number of nitrogens with zero attached hydrogens (tertiary/aromatic N) is 2. The van der Waals surface area contributed by atoms with E-state index in [4.69, 9.17) is 16.3 Å². The second-order valence-electron chi connectivity index (χ2n) is 10.4. The molecule has 3 N–H and O–H groups in total. The highest BCUT2D eigenvalue weighted by molar-refractivity contribution is 6.32. The number of aromatic nitrogens is 1. The summed E-state index contributed by atoms with van der Waals surface area (Å²) in [4.78, 5) is 19.5. The van der Waals surface area contributed by atoms with Crippen LogP contribution in [0, 0.1) is 5.92 Å². The lowest BCUT2D eigenvalue weighted by Crippen LogP contribution is -2.33. The number of aromatic hydroxyl groups is 1. The van der Waals surface area contributed by atoms with E-state index in [1.165, 1.54) is 7.11 Å². The van der Waals surface area contributed by atoms with Crippen molar-refractivity contribution in [1.82, 2.24) is 9.88 Å².